The second-order valence-corrected chi connectivity index (χ2v) is 9.89. The van der Waals surface area contributed by atoms with Gasteiger partial charge in [-0.15, -0.1) is 0 Å². The normalized spacial score (nSPS) is 20.4. The lowest BCUT2D eigenvalue weighted by Crippen LogP contribution is -2.57. The number of benzene rings is 2. The van der Waals surface area contributed by atoms with Crippen LogP contribution in [0.2, 0.25) is 0 Å². The molecule has 0 aliphatic carbocycles. The standard InChI is InChI=1S/C28H27F3N4O4/c1-16-26(27(38)39)20(17-2-7-21(30)22(31)12-17)13-25(37)35(16)24(14-23(33)36)34-10-8-28(15-32,9-11-34)18-3-5-19(29)6-4-18/h2-7,12,20,24H,8-11,13-14H2,1H3,(H2,33,36)(H,38,39). The van der Waals surface area contributed by atoms with Crippen LogP contribution in [-0.2, 0) is 19.8 Å². The zero-order chi connectivity index (χ0) is 28.5. The Labute approximate surface area is 223 Å². The van der Waals surface area contributed by atoms with Crippen LogP contribution in [0.25, 0.3) is 0 Å². The first-order chi connectivity index (χ1) is 18.5. The first kappa shape index (κ1) is 27.9. The molecule has 1 fully saturated rings. The van der Waals surface area contributed by atoms with Gasteiger partial charge in [0.1, 0.15) is 5.82 Å². The summed E-state index contributed by atoms with van der Waals surface area (Å²) in [5.41, 5.74) is 5.31. The number of nitriles is 1. The van der Waals surface area contributed by atoms with Gasteiger partial charge in [-0.2, -0.15) is 5.26 Å². The highest BCUT2D eigenvalue weighted by atomic mass is 19.2. The summed E-state index contributed by atoms with van der Waals surface area (Å²) in [5.74, 6) is -6.26. The Hall–Kier alpha value is -4.17. The molecule has 0 bridgehead atoms. The molecule has 2 aromatic carbocycles. The largest absolute Gasteiger partial charge is 0.478 e. The molecule has 0 spiro atoms. The van der Waals surface area contributed by atoms with Gasteiger partial charge in [-0.1, -0.05) is 18.2 Å². The van der Waals surface area contributed by atoms with Crippen LogP contribution in [0, 0.1) is 28.8 Å². The van der Waals surface area contributed by atoms with Gasteiger partial charge in [-0.3, -0.25) is 19.4 Å². The van der Waals surface area contributed by atoms with E-state index in [-0.39, 0.29) is 42.8 Å². The summed E-state index contributed by atoms with van der Waals surface area (Å²) >= 11 is 0. The van der Waals surface area contributed by atoms with Crippen molar-refractivity contribution in [2.45, 2.75) is 50.1 Å². The number of piperidine rings is 1. The van der Waals surface area contributed by atoms with Gasteiger partial charge in [0.25, 0.3) is 0 Å². The number of aliphatic carboxylic acids is 1. The topological polar surface area (TPSA) is 128 Å². The number of carboxylic acid groups (broad SMARTS) is 1. The predicted octanol–water partition coefficient (Wildman–Crippen LogP) is 3.54. The third-order valence-corrected chi connectivity index (χ3v) is 7.69. The number of rotatable bonds is 7. The fourth-order valence-electron chi connectivity index (χ4n) is 5.65. The Morgan fingerprint density at radius 1 is 1.13 bits per heavy atom. The first-order valence-corrected chi connectivity index (χ1v) is 12.4. The average molecular weight is 541 g/mol. The molecule has 11 heteroatoms. The summed E-state index contributed by atoms with van der Waals surface area (Å²) in [7, 11) is 0. The predicted molar refractivity (Wildman–Crippen MR) is 133 cm³/mol. The van der Waals surface area contributed by atoms with E-state index in [2.05, 4.69) is 6.07 Å². The number of carboxylic acids is 1. The van der Waals surface area contributed by atoms with Gasteiger partial charge >= 0.3 is 5.97 Å². The van der Waals surface area contributed by atoms with Gasteiger partial charge in [-0.25, -0.2) is 18.0 Å². The van der Waals surface area contributed by atoms with Crippen LogP contribution in [0.4, 0.5) is 13.2 Å². The molecule has 2 atom stereocenters. The number of hydrogen-bond donors (Lipinski definition) is 2. The van der Waals surface area contributed by atoms with Crippen molar-refractivity contribution >= 4 is 17.8 Å². The number of carbonyl (C=O) groups excluding carboxylic acids is 2. The van der Waals surface area contributed by atoms with Crippen LogP contribution in [0.5, 0.6) is 0 Å². The molecule has 39 heavy (non-hydrogen) atoms. The molecule has 8 nitrogen and oxygen atoms in total. The Balaban J connectivity index is 1.68. The van der Waals surface area contributed by atoms with Crippen molar-refractivity contribution in [2.24, 2.45) is 5.73 Å². The van der Waals surface area contributed by atoms with Gasteiger partial charge in [0.15, 0.2) is 11.6 Å². The maximum atomic E-state index is 13.9. The zero-order valence-corrected chi connectivity index (χ0v) is 21.2. The highest BCUT2D eigenvalue weighted by molar-refractivity contribution is 5.95. The number of carbonyl (C=O) groups is 3. The van der Waals surface area contributed by atoms with Crippen LogP contribution >= 0.6 is 0 Å². The minimum atomic E-state index is -1.34. The maximum absolute atomic E-state index is 13.9. The maximum Gasteiger partial charge on any atom is 0.333 e. The number of primary amides is 1. The second-order valence-electron chi connectivity index (χ2n) is 9.89. The van der Waals surface area contributed by atoms with E-state index < -0.39 is 52.7 Å². The molecule has 0 aromatic heterocycles. The van der Waals surface area contributed by atoms with E-state index in [4.69, 9.17) is 5.73 Å². The fraction of sp³-hybridized carbons (Fsp3) is 0.357. The van der Waals surface area contributed by atoms with Crippen LogP contribution < -0.4 is 5.73 Å². The minimum Gasteiger partial charge on any atom is -0.478 e. The highest BCUT2D eigenvalue weighted by Gasteiger charge is 2.44. The number of amides is 2. The Morgan fingerprint density at radius 3 is 2.31 bits per heavy atom. The second kappa shape index (κ2) is 10.9. The van der Waals surface area contributed by atoms with Gasteiger partial charge in [0, 0.05) is 31.1 Å². The molecule has 2 unspecified atom stereocenters. The smallest absolute Gasteiger partial charge is 0.333 e. The molecule has 0 saturated carbocycles. The monoisotopic (exact) mass is 540 g/mol. The van der Waals surface area contributed by atoms with E-state index in [1.807, 2.05) is 4.90 Å². The van der Waals surface area contributed by atoms with E-state index in [0.29, 0.717) is 18.4 Å². The number of likely N-dealkylation sites (tertiary alicyclic amines) is 1. The van der Waals surface area contributed by atoms with E-state index >= 15 is 0 Å². The molecular formula is C28H27F3N4O4. The molecule has 2 amide bonds. The average Bonchev–Trinajstić information content (AvgIpc) is 2.89. The number of halogens is 3. The molecule has 2 aliphatic rings. The van der Waals surface area contributed by atoms with Crippen LogP contribution in [0.1, 0.15) is 49.7 Å². The zero-order valence-electron chi connectivity index (χ0n) is 21.2. The molecule has 204 valence electrons. The number of nitrogens with zero attached hydrogens (tertiary/aromatic N) is 3. The summed E-state index contributed by atoms with van der Waals surface area (Å²) < 4.78 is 40.9. The van der Waals surface area contributed by atoms with E-state index in [1.54, 1.807) is 12.1 Å². The molecule has 0 radical (unpaired) electrons. The summed E-state index contributed by atoms with van der Waals surface area (Å²) in [6.45, 7) is 1.98. The van der Waals surface area contributed by atoms with Crippen LogP contribution in [0.15, 0.2) is 53.7 Å². The summed E-state index contributed by atoms with van der Waals surface area (Å²) in [4.78, 5) is 40.9. The Bertz CT molecular complexity index is 1380. The summed E-state index contributed by atoms with van der Waals surface area (Å²) in [6, 6.07) is 11.0. The molecular weight excluding hydrogens is 513 g/mol. The van der Waals surface area contributed by atoms with E-state index in [0.717, 1.165) is 12.1 Å². The van der Waals surface area contributed by atoms with Gasteiger partial charge in [0.05, 0.1) is 29.6 Å². The van der Waals surface area contributed by atoms with Crippen molar-refractivity contribution in [2.75, 3.05) is 13.1 Å². The summed E-state index contributed by atoms with van der Waals surface area (Å²) in [5, 5.41) is 20.1. The molecule has 1 saturated heterocycles. The van der Waals surface area contributed by atoms with Gasteiger partial charge in [-0.05, 0) is 55.2 Å². The van der Waals surface area contributed by atoms with E-state index in [9.17, 15) is 37.9 Å². The van der Waals surface area contributed by atoms with Crippen molar-refractivity contribution in [1.29, 1.82) is 5.26 Å². The van der Waals surface area contributed by atoms with Crippen molar-refractivity contribution in [1.82, 2.24) is 9.80 Å². The minimum absolute atomic E-state index is 0.0652. The Morgan fingerprint density at radius 2 is 1.77 bits per heavy atom. The van der Waals surface area contributed by atoms with Crippen molar-refractivity contribution in [3.63, 3.8) is 0 Å². The van der Waals surface area contributed by atoms with Crippen LogP contribution in [0.3, 0.4) is 0 Å². The molecule has 2 heterocycles. The molecule has 4 rings (SSSR count). The number of nitrogens with two attached hydrogens (primary N) is 1. The third kappa shape index (κ3) is 5.38. The SMILES string of the molecule is CC1=C(C(=O)O)C(c2ccc(F)c(F)c2)CC(=O)N1C(CC(N)=O)N1CCC(C#N)(c2ccc(F)cc2)CC1. The Kier molecular flexibility index (Phi) is 7.79. The highest BCUT2D eigenvalue weighted by Crippen LogP contribution is 2.41. The van der Waals surface area contributed by atoms with E-state index in [1.165, 1.54) is 30.0 Å². The lowest BCUT2D eigenvalue weighted by atomic mass is 9.74. The lowest BCUT2D eigenvalue weighted by Gasteiger charge is -2.47. The quantitative estimate of drug-likeness (QED) is 0.553. The number of hydrogen-bond acceptors (Lipinski definition) is 5. The molecule has 2 aromatic rings. The van der Waals surface area contributed by atoms with Crippen molar-refractivity contribution in [3.05, 3.63) is 82.3 Å². The number of allylic oxidation sites excluding steroid dienone is 1. The molecule has 2 aliphatic heterocycles. The fourth-order valence-corrected chi connectivity index (χ4v) is 5.65. The first-order valence-electron chi connectivity index (χ1n) is 12.4. The van der Waals surface area contributed by atoms with Gasteiger partial charge in [0.2, 0.25) is 11.8 Å². The third-order valence-electron chi connectivity index (χ3n) is 7.69. The van der Waals surface area contributed by atoms with Crippen LogP contribution in [-0.4, -0.2) is 51.9 Å². The summed E-state index contributed by atoms with van der Waals surface area (Å²) in [6.07, 6.45) is -0.913. The van der Waals surface area contributed by atoms with Crippen molar-refractivity contribution in [3.8, 4) is 6.07 Å². The van der Waals surface area contributed by atoms with Crippen molar-refractivity contribution < 1.29 is 32.7 Å². The molecule has 3 N–H and O–H groups in total. The van der Waals surface area contributed by atoms with Gasteiger partial charge < -0.3 is 10.8 Å². The lowest BCUT2D eigenvalue weighted by molar-refractivity contribution is -0.140.